The van der Waals surface area contributed by atoms with Crippen molar-refractivity contribution in [3.05, 3.63) is 53.3 Å². The fourth-order valence-electron chi connectivity index (χ4n) is 2.10. The smallest absolute Gasteiger partial charge is 0.165 e. The minimum absolute atomic E-state index is 0.213. The summed E-state index contributed by atoms with van der Waals surface area (Å²) >= 11 is 0. The van der Waals surface area contributed by atoms with Crippen LogP contribution in [-0.4, -0.2) is 13.7 Å². The number of halogens is 1. The highest BCUT2D eigenvalue weighted by Crippen LogP contribution is 2.31. The van der Waals surface area contributed by atoms with Crippen molar-refractivity contribution in [1.82, 2.24) is 0 Å². The van der Waals surface area contributed by atoms with Crippen LogP contribution in [0, 0.1) is 12.7 Å². The number of aryl methyl sites for hydroxylation is 1. The molecule has 2 rings (SSSR count). The molecular formula is C17H20FNO2. The molecule has 0 radical (unpaired) electrons. The van der Waals surface area contributed by atoms with E-state index in [4.69, 9.17) is 9.47 Å². The lowest BCUT2D eigenvalue weighted by atomic mass is 10.1. The number of nitrogens with one attached hydrogen (secondary N) is 1. The molecule has 0 spiro atoms. The van der Waals surface area contributed by atoms with Crippen LogP contribution >= 0.6 is 0 Å². The molecule has 0 heterocycles. The van der Waals surface area contributed by atoms with E-state index in [9.17, 15) is 4.39 Å². The molecule has 4 heteroatoms. The number of anilines is 1. The van der Waals surface area contributed by atoms with Crippen LogP contribution in [0.15, 0.2) is 36.4 Å². The molecule has 0 aliphatic heterocycles. The zero-order valence-electron chi connectivity index (χ0n) is 12.6. The molecule has 0 unspecified atom stereocenters. The van der Waals surface area contributed by atoms with Crippen LogP contribution in [0.1, 0.15) is 18.1 Å². The van der Waals surface area contributed by atoms with Crippen molar-refractivity contribution in [3.8, 4) is 11.5 Å². The average Bonchev–Trinajstić information content (AvgIpc) is 2.49. The topological polar surface area (TPSA) is 30.5 Å². The van der Waals surface area contributed by atoms with Crippen LogP contribution in [0.2, 0.25) is 0 Å². The number of ether oxygens (including phenoxy) is 2. The molecule has 0 atom stereocenters. The van der Waals surface area contributed by atoms with Crippen LogP contribution in [0.4, 0.5) is 10.1 Å². The standard InChI is InChI=1S/C17H20FNO2/c1-4-21-16-7-5-6-13(17(16)20-3)11-19-14-9-8-12(2)15(18)10-14/h5-10,19H,4,11H2,1-3H3. The monoisotopic (exact) mass is 289 g/mol. The Morgan fingerprint density at radius 3 is 2.67 bits per heavy atom. The van der Waals surface area contributed by atoms with Crippen molar-refractivity contribution >= 4 is 5.69 Å². The van der Waals surface area contributed by atoms with E-state index >= 15 is 0 Å². The van der Waals surface area contributed by atoms with E-state index in [0.717, 1.165) is 17.0 Å². The Kier molecular flexibility index (Phi) is 5.04. The van der Waals surface area contributed by atoms with E-state index in [1.165, 1.54) is 6.07 Å². The van der Waals surface area contributed by atoms with E-state index in [2.05, 4.69) is 5.32 Å². The molecule has 0 aliphatic rings. The third-order valence-electron chi connectivity index (χ3n) is 3.22. The van der Waals surface area contributed by atoms with E-state index in [0.29, 0.717) is 24.5 Å². The molecule has 3 nitrogen and oxygen atoms in total. The zero-order valence-corrected chi connectivity index (χ0v) is 12.6. The predicted octanol–water partition coefficient (Wildman–Crippen LogP) is 4.15. The van der Waals surface area contributed by atoms with Gasteiger partial charge in [-0.25, -0.2) is 4.39 Å². The second-order valence-corrected chi connectivity index (χ2v) is 4.70. The van der Waals surface area contributed by atoms with Gasteiger partial charge in [-0.15, -0.1) is 0 Å². The van der Waals surface area contributed by atoms with Gasteiger partial charge in [0.05, 0.1) is 13.7 Å². The zero-order chi connectivity index (χ0) is 15.2. The lowest BCUT2D eigenvalue weighted by Crippen LogP contribution is -2.04. The van der Waals surface area contributed by atoms with Crippen molar-refractivity contribution in [3.63, 3.8) is 0 Å². The van der Waals surface area contributed by atoms with Gasteiger partial charge in [-0.05, 0) is 37.6 Å². The Bertz CT molecular complexity index is 614. The second-order valence-electron chi connectivity index (χ2n) is 4.70. The molecule has 0 fully saturated rings. The SMILES string of the molecule is CCOc1cccc(CNc2ccc(C)c(F)c2)c1OC. The fourth-order valence-corrected chi connectivity index (χ4v) is 2.10. The fraction of sp³-hybridized carbons (Fsp3) is 0.294. The Morgan fingerprint density at radius 1 is 1.19 bits per heavy atom. The van der Waals surface area contributed by atoms with Crippen LogP contribution in [-0.2, 0) is 6.54 Å². The lowest BCUT2D eigenvalue weighted by Gasteiger charge is -2.14. The van der Waals surface area contributed by atoms with Crippen LogP contribution < -0.4 is 14.8 Å². The lowest BCUT2D eigenvalue weighted by molar-refractivity contribution is 0.309. The Hall–Kier alpha value is -2.23. The minimum atomic E-state index is -0.213. The van der Waals surface area contributed by atoms with Gasteiger partial charge in [0.2, 0.25) is 0 Å². The molecule has 0 saturated carbocycles. The predicted molar refractivity (Wildman–Crippen MR) is 82.6 cm³/mol. The molecule has 112 valence electrons. The van der Waals surface area contributed by atoms with E-state index in [1.54, 1.807) is 20.1 Å². The van der Waals surface area contributed by atoms with Gasteiger partial charge < -0.3 is 14.8 Å². The Labute approximate surface area is 124 Å². The van der Waals surface area contributed by atoms with Gasteiger partial charge in [0, 0.05) is 17.8 Å². The highest BCUT2D eigenvalue weighted by atomic mass is 19.1. The van der Waals surface area contributed by atoms with Crippen molar-refractivity contribution in [2.45, 2.75) is 20.4 Å². The Balaban J connectivity index is 2.15. The van der Waals surface area contributed by atoms with Gasteiger partial charge >= 0.3 is 0 Å². The van der Waals surface area contributed by atoms with Crippen LogP contribution in [0.3, 0.4) is 0 Å². The molecule has 21 heavy (non-hydrogen) atoms. The molecule has 0 aromatic heterocycles. The first kappa shape index (κ1) is 15.2. The van der Waals surface area contributed by atoms with Gasteiger partial charge in [0.15, 0.2) is 11.5 Å². The van der Waals surface area contributed by atoms with Crippen LogP contribution in [0.25, 0.3) is 0 Å². The number of hydrogen-bond acceptors (Lipinski definition) is 3. The quantitative estimate of drug-likeness (QED) is 0.866. The highest BCUT2D eigenvalue weighted by Gasteiger charge is 2.10. The molecule has 0 saturated heterocycles. The first-order chi connectivity index (χ1) is 10.2. The van der Waals surface area contributed by atoms with Crippen molar-refractivity contribution in [2.24, 2.45) is 0 Å². The summed E-state index contributed by atoms with van der Waals surface area (Å²) in [4.78, 5) is 0. The maximum atomic E-state index is 13.5. The van der Waals surface area contributed by atoms with Crippen LogP contribution in [0.5, 0.6) is 11.5 Å². The molecule has 0 bridgehead atoms. The summed E-state index contributed by atoms with van der Waals surface area (Å²) in [5.41, 5.74) is 2.34. The van der Waals surface area contributed by atoms with Crippen molar-refractivity contribution in [1.29, 1.82) is 0 Å². The summed E-state index contributed by atoms with van der Waals surface area (Å²) in [7, 11) is 1.62. The molecular weight excluding hydrogens is 269 g/mol. The van der Waals surface area contributed by atoms with E-state index < -0.39 is 0 Å². The molecule has 2 aromatic rings. The third kappa shape index (κ3) is 3.66. The first-order valence-corrected chi connectivity index (χ1v) is 6.94. The molecule has 2 aromatic carbocycles. The van der Waals surface area contributed by atoms with Gasteiger partial charge in [0.25, 0.3) is 0 Å². The van der Waals surface area contributed by atoms with Gasteiger partial charge in [-0.3, -0.25) is 0 Å². The number of para-hydroxylation sites is 1. The maximum absolute atomic E-state index is 13.5. The normalized spacial score (nSPS) is 10.3. The summed E-state index contributed by atoms with van der Waals surface area (Å²) in [6.07, 6.45) is 0. The summed E-state index contributed by atoms with van der Waals surface area (Å²) < 4.78 is 24.5. The molecule has 0 amide bonds. The Morgan fingerprint density at radius 2 is 2.00 bits per heavy atom. The first-order valence-electron chi connectivity index (χ1n) is 6.94. The molecule has 1 N–H and O–H groups in total. The maximum Gasteiger partial charge on any atom is 0.165 e. The summed E-state index contributed by atoms with van der Waals surface area (Å²) in [6.45, 7) is 4.79. The van der Waals surface area contributed by atoms with Gasteiger partial charge in [-0.2, -0.15) is 0 Å². The van der Waals surface area contributed by atoms with E-state index in [1.807, 2.05) is 31.2 Å². The van der Waals surface area contributed by atoms with Gasteiger partial charge in [0.1, 0.15) is 5.82 Å². The van der Waals surface area contributed by atoms with Gasteiger partial charge in [-0.1, -0.05) is 18.2 Å². The summed E-state index contributed by atoms with van der Waals surface area (Å²) in [6, 6.07) is 10.9. The number of rotatable bonds is 6. The second kappa shape index (κ2) is 6.97. The number of benzene rings is 2. The average molecular weight is 289 g/mol. The minimum Gasteiger partial charge on any atom is -0.493 e. The molecule has 0 aliphatic carbocycles. The summed E-state index contributed by atoms with van der Waals surface area (Å²) in [5, 5.41) is 3.20. The third-order valence-corrected chi connectivity index (χ3v) is 3.22. The van der Waals surface area contributed by atoms with E-state index in [-0.39, 0.29) is 5.82 Å². The number of methoxy groups -OCH3 is 1. The van der Waals surface area contributed by atoms with Crippen molar-refractivity contribution < 1.29 is 13.9 Å². The number of hydrogen-bond donors (Lipinski definition) is 1. The highest BCUT2D eigenvalue weighted by molar-refractivity contribution is 5.50. The largest absolute Gasteiger partial charge is 0.493 e. The van der Waals surface area contributed by atoms with Crippen molar-refractivity contribution in [2.75, 3.05) is 19.0 Å². The summed E-state index contributed by atoms with van der Waals surface area (Å²) in [5.74, 6) is 1.21.